The molecule has 16 heavy (non-hydrogen) atoms. The van der Waals surface area contributed by atoms with Gasteiger partial charge in [0.1, 0.15) is 11.6 Å². The molecule has 1 heterocycles. The predicted octanol–water partition coefficient (Wildman–Crippen LogP) is 2.99. The molecule has 1 amide bonds. The fourth-order valence-corrected chi connectivity index (χ4v) is 3.08. The van der Waals surface area contributed by atoms with Gasteiger partial charge in [-0.3, -0.25) is 0 Å². The number of nitrogens with two attached hydrogens (primary N) is 1. The number of primary amides is 1. The summed E-state index contributed by atoms with van der Waals surface area (Å²) in [5.74, 6) is 0. The van der Waals surface area contributed by atoms with Crippen molar-refractivity contribution in [2.75, 3.05) is 0 Å². The number of carbonyl (C=O) groups is 1. The maximum Gasteiger partial charge on any atom is 0.410 e. The van der Waals surface area contributed by atoms with Crippen molar-refractivity contribution in [1.82, 2.24) is 0 Å². The van der Waals surface area contributed by atoms with Crippen LogP contribution in [-0.4, -0.2) is 6.09 Å². The molecule has 6 heteroatoms. The Morgan fingerprint density at radius 1 is 1.56 bits per heavy atom. The Hall–Kier alpha value is -1.58. The van der Waals surface area contributed by atoms with Gasteiger partial charge in [0, 0.05) is 14.6 Å². The number of benzene rings is 1. The Kier molecular flexibility index (Phi) is 2.81. The standard InChI is InChI=1S/C10H5BrN2O2S/c11-6-2-1-3-7-8(6)5(4-12)9(16-7)15-10(13)14/h1-3H,(H2,13,14). The molecular weight excluding hydrogens is 292 g/mol. The van der Waals surface area contributed by atoms with Gasteiger partial charge in [-0.25, -0.2) is 4.79 Å². The normalized spacial score (nSPS) is 10.0. The fourth-order valence-electron chi connectivity index (χ4n) is 1.35. The van der Waals surface area contributed by atoms with E-state index in [0.29, 0.717) is 5.56 Å². The lowest BCUT2D eigenvalue weighted by Gasteiger charge is -1.96. The van der Waals surface area contributed by atoms with Crippen molar-refractivity contribution >= 4 is 43.4 Å². The van der Waals surface area contributed by atoms with Crippen LogP contribution in [0.25, 0.3) is 10.1 Å². The van der Waals surface area contributed by atoms with Gasteiger partial charge < -0.3 is 10.5 Å². The summed E-state index contributed by atoms with van der Waals surface area (Å²) < 4.78 is 6.44. The number of halogens is 1. The van der Waals surface area contributed by atoms with Crippen molar-refractivity contribution in [1.29, 1.82) is 5.26 Å². The van der Waals surface area contributed by atoms with Crippen LogP contribution in [0, 0.1) is 11.3 Å². The number of rotatable bonds is 1. The van der Waals surface area contributed by atoms with Crippen molar-refractivity contribution in [3.63, 3.8) is 0 Å². The highest BCUT2D eigenvalue weighted by Crippen LogP contribution is 2.40. The lowest BCUT2D eigenvalue weighted by atomic mass is 10.2. The third kappa shape index (κ3) is 1.75. The van der Waals surface area contributed by atoms with Crippen molar-refractivity contribution in [2.24, 2.45) is 5.73 Å². The van der Waals surface area contributed by atoms with Crippen LogP contribution in [0.3, 0.4) is 0 Å². The number of hydrogen-bond acceptors (Lipinski definition) is 4. The van der Waals surface area contributed by atoms with Gasteiger partial charge in [-0.15, -0.1) is 0 Å². The van der Waals surface area contributed by atoms with Crippen LogP contribution in [0.5, 0.6) is 5.06 Å². The molecule has 1 aromatic heterocycles. The molecule has 0 radical (unpaired) electrons. The van der Waals surface area contributed by atoms with E-state index < -0.39 is 6.09 Å². The van der Waals surface area contributed by atoms with Gasteiger partial charge in [0.2, 0.25) is 5.06 Å². The number of hydrogen-bond donors (Lipinski definition) is 1. The first-order valence-corrected chi connectivity index (χ1v) is 5.83. The first-order chi connectivity index (χ1) is 7.63. The summed E-state index contributed by atoms with van der Waals surface area (Å²) in [5, 5.41) is 10.0. The average molecular weight is 297 g/mol. The van der Waals surface area contributed by atoms with Gasteiger partial charge in [-0.2, -0.15) is 5.26 Å². The summed E-state index contributed by atoms with van der Waals surface area (Å²) in [4.78, 5) is 10.7. The molecule has 80 valence electrons. The zero-order valence-corrected chi connectivity index (χ0v) is 10.3. The second-order valence-electron chi connectivity index (χ2n) is 2.91. The molecule has 2 aromatic rings. The van der Waals surface area contributed by atoms with E-state index in [1.807, 2.05) is 24.3 Å². The highest BCUT2D eigenvalue weighted by molar-refractivity contribution is 9.10. The van der Waals surface area contributed by atoms with Crippen molar-refractivity contribution < 1.29 is 9.53 Å². The monoisotopic (exact) mass is 296 g/mol. The molecule has 0 unspecified atom stereocenters. The van der Waals surface area contributed by atoms with Gasteiger partial charge >= 0.3 is 6.09 Å². The zero-order valence-electron chi connectivity index (χ0n) is 7.86. The maximum atomic E-state index is 10.7. The van der Waals surface area contributed by atoms with Crippen LogP contribution >= 0.6 is 27.3 Å². The first kappa shape index (κ1) is 10.9. The fraction of sp³-hybridized carbons (Fsp3) is 0. The van der Waals surface area contributed by atoms with Gasteiger partial charge in [-0.1, -0.05) is 33.3 Å². The summed E-state index contributed by atoms with van der Waals surface area (Å²) in [6.45, 7) is 0. The molecular formula is C10H5BrN2O2S. The molecule has 4 nitrogen and oxygen atoms in total. The smallest absolute Gasteiger partial charge is 0.398 e. The van der Waals surface area contributed by atoms with Crippen LogP contribution in [0.15, 0.2) is 22.7 Å². The minimum absolute atomic E-state index is 0.233. The minimum atomic E-state index is -0.917. The van der Waals surface area contributed by atoms with E-state index in [1.165, 1.54) is 11.3 Å². The molecule has 2 rings (SSSR count). The molecule has 0 saturated heterocycles. The van der Waals surface area contributed by atoms with E-state index in [-0.39, 0.29) is 5.06 Å². The topological polar surface area (TPSA) is 76.1 Å². The lowest BCUT2D eigenvalue weighted by Crippen LogP contribution is -2.15. The van der Waals surface area contributed by atoms with E-state index in [1.54, 1.807) is 0 Å². The van der Waals surface area contributed by atoms with Gasteiger partial charge in [0.05, 0.1) is 0 Å². The van der Waals surface area contributed by atoms with E-state index in [4.69, 9.17) is 15.7 Å². The number of fused-ring (bicyclic) bond motifs is 1. The second-order valence-corrected chi connectivity index (χ2v) is 4.78. The summed E-state index contributed by atoms with van der Waals surface area (Å²) in [6, 6.07) is 7.53. The molecule has 0 spiro atoms. The second kappa shape index (κ2) is 4.12. The summed E-state index contributed by atoms with van der Waals surface area (Å²) in [5.41, 5.74) is 5.26. The highest BCUT2D eigenvalue weighted by atomic mass is 79.9. The van der Waals surface area contributed by atoms with E-state index in [0.717, 1.165) is 14.6 Å². The Bertz CT molecular complexity index is 615. The molecule has 0 aliphatic rings. The lowest BCUT2D eigenvalue weighted by molar-refractivity contribution is 0.212. The number of amides is 1. The van der Waals surface area contributed by atoms with E-state index in [9.17, 15) is 4.79 Å². The maximum absolute atomic E-state index is 10.7. The Morgan fingerprint density at radius 2 is 2.31 bits per heavy atom. The Morgan fingerprint density at radius 3 is 2.94 bits per heavy atom. The number of nitrogens with zero attached hydrogens (tertiary/aromatic N) is 1. The van der Waals surface area contributed by atoms with Crippen molar-refractivity contribution in [2.45, 2.75) is 0 Å². The molecule has 0 saturated carbocycles. The van der Waals surface area contributed by atoms with Crippen LogP contribution in [0.1, 0.15) is 5.56 Å². The van der Waals surface area contributed by atoms with Crippen LogP contribution in [-0.2, 0) is 0 Å². The third-order valence-electron chi connectivity index (χ3n) is 1.94. The van der Waals surface area contributed by atoms with Gasteiger partial charge in [-0.05, 0) is 12.1 Å². The van der Waals surface area contributed by atoms with Gasteiger partial charge in [0.15, 0.2) is 0 Å². The molecule has 0 aliphatic heterocycles. The van der Waals surface area contributed by atoms with Crippen LogP contribution in [0.4, 0.5) is 4.79 Å². The molecule has 0 bridgehead atoms. The van der Waals surface area contributed by atoms with Crippen molar-refractivity contribution in [3.8, 4) is 11.1 Å². The quantitative estimate of drug-likeness (QED) is 0.879. The number of carbonyl (C=O) groups excluding carboxylic acids is 1. The summed E-state index contributed by atoms with van der Waals surface area (Å²) >= 11 is 4.57. The molecule has 0 fully saturated rings. The van der Waals surface area contributed by atoms with Gasteiger partial charge in [0.25, 0.3) is 0 Å². The minimum Gasteiger partial charge on any atom is -0.398 e. The number of thiophene rings is 1. The molecule has 0 atom stereocenters. The molecule has 2 N–H and O–H groups in total. The number of nitriles is 1. The summed E-state index contributed by atoms with van der Waals surface area (Å²) in [6.07, 6.45) is -0.917. The highest BCUT2D eigenvalue weighted by Gasteiger charge is 2.16. The predicted molar refractivity (Wildman–Crippen MR) is 64.5 cm³/mol. The first-order valence-electron chi connectivity index (χ1n) is 4.22. The molecule has 1 aromatic carbocycles. The Balaban J connectivity index is 2.73. The van der Waals surface area contributed by atoms with Crippen LogP contribution in [0.2, 0.25) is 0 Å². The summed E-state index contributed by atoms with van der Waals surface area (Å²) in [7, 11) is 0. The van der Waals surface area contributed by atoms with Crippen molar-refractivity contribution in [3.05, 3.63) is 28.2 Å². The zero-order chi connectivity index (χ0) is 11.7. The van der Waals surface area contributed by atoms with E-state index >= 15 is 0 Å². The largest absolute Gasteiger partial charge is 0.410 e. The number of ether oxygens (including phenoxy) is 1. The van der Waals surface area contributed by atoms with Crippen LogP contribution < -0.4 is 10.5 Å². The Labute approximate surface area is 103 Å². The van der Waals surface area contributed by atoms with E-state index in [2.05, 4.69) is 15.9 Å². The average Bonchev–Trinajstić information content (AvgIpc) is 2.55. The molecule has 0 aliphatic carbocycles. The third-order valence-corrected chi connectivity index (χ3v) is 3.63. The SMILES string of the molecule is N#Cc1c(OC(N)=O)sc2cccc(Br)c12.